The van der Waals surface area contributed by atoms with E-state index in [1.807, 2.05) is 53.1 Å². The van der Waals surface area contributed by atoms with Crippen molar-refractivity contribution in [1.82, 2.24) is 24.3 Å². The largest absolute Gasteiger partial charge is 0.328 e. The first-order chi connectivity index (χ1) is 23.4. The lowest BCUT2D eigenvalue weighted by atomic mass is 10.1. The standard InChI is InChI=1S/C37H34F2N8O/c38-26-9-12-31(39)30(23-26)36(48)42-29-5-3-4-25(22-29)34-35(47-18-2-1-6-33(47)45-34)32-13-17-41-37(44-32)43-28-10-7-24(8-11-28)14-19-46-20-15-27(40)16-21-46/h1-13,17-18,22-23,27H,14-16,19-21,40H2,(H,42,48)(H,41,43,44). The average molecular weight is 645 g/mol. The van der Waals surface area contributed by atoms with Crippen molar-refractivity contribution >= 4 is 28.9 Å². The number of nitrogens with zero attached hydrogens (tertiary/aromatic N) is 5. The molecule has 0 spiro atoms. The van der Waals surface area contributed by atoms with E-state index >= 15 is 0 Å². The number of halogens is 2. The molecule has 0 bridgehead atoms. The fourth-order valence-electron chi connectivity index (χ4n) is 5.95. The van der Waals surface area contributed by atoms with E-state index < -0.39 is 17.5 Å². The molecule has 242 valence electrons. The average Bonchev–Trinajstić information content (AvgIpc) is 3.50. The van der Waals surface area contributed by atoms with Gasteiger partial charge in [-0.05, 0) is 98.6 Å². The maximum Gasteiger partial charge on any atom is 0.258 e. The van der Waals surface area contributed by atoms with Crippen LogP contribution < -0.4 is 16.4 Å². The van der Waals surface area contributed by atoms with Gasteiger partial charge in [0, 0.05) is 41.9 Å². The van der Waals surface area contributed by atoms with Crippen LogP contribution in [0.4, 0.5) is 26.1 Å². The SMILES string of the molecule is NC1CCN(CCc2ccc(Nc3nccc(-c4c(-c5cccc(NC(=O)c6cc(F)ccc6F)c5)nc5ccccn45)n3)cc2)CC1. The first-order valence-electron chi connectivity index (χ1n) is 15.9. The number of rotatable bonds is 9. The number of imidazole rings is 1. The number of carbonyl (C=O) groups is 1. The highest BCUT2D eigenvalue weighted by Crippen LogP contribution is 2.33. The fourth-order valence-corrected chi connectivity index (χ4v) is 5.95. The van der Waals surface area contributed by atoms with E-state index in [9.17, 15) is 13.6 Å². The number of carbonyl (C=O) groups excluding carboxylic acids is 1. The maximum absolute atomic E-state index is 14.3. The molecule has 0 aliphatic carbocycles. The number of benzene rings is 3. The van der Waals surface area contributed by atoms with Gasteiger partial charge in [0.15, 0.2) is 0 Å². The third kappa shape index (κ3) is 6.92. The van der Waals surface area contributed by atoms with E-state index in [0.717, 1.165) is 68.5 Å². The van der Waals surface area contributed by atoms with Gasteiger partial charge in [-0.2, -0.15) is 0 Å². The number of anilines is 3. The molecule has 1 aliphatic rings. The van der Waals surface area contributed by atoms with Gasteiger partial charge >= 0.3 is 0 Å². The summed E-state index contributed by atoms with van der Waals surface area (Å²) in [7, 11) is 0. The van der Waals surface area contributed by atoms with Crippen LogP contribution in [0.5, 0.6) is 0 Å². The van der Waals surface area contributed by atoms with E-state index in [-0.39, 0.29) is 5.56 Å². The minimum absolute atomic E-state index is 0.333. The second-order valence-corrected chi connectivity index (χ2v) is 11.9. The molecule has 48 heavy (non-hydrogen) atoms. The zero-order valence-corrected chi connectivity index (χ0v) is 26.1. The Morgan fingerprint density at radius 1 is 0.896 bits per heavy atom. The Labute approximate surface area is 276 Å². The number of pyridine rings is 1. The van der Waals surface area contributed by atoms with Crippen molar-refractivity contribution in [3.05, 3.63) is 126 Å². The second kappa shape index (κ2) is 13.7. The molecule has 9 nitrogen and oxygen atoms in total. The van der Waals surface area contributed by atoms with Crippen molar-refractivity contribution < 1.29 is 13.6 Å². The fraction of sp³-hybridized carbons (Fsp3) is 0.189. The molecular formula is C37H34F2N8O. The van der Waals surface area contributed by atoms with Gasteiger partial charge in [0.25, 0.3) is 5.91 Å². The van der Waals surface area contributed by atoms with Crippen LogP contribution in [-0.4, -0.2) is 55.8 Å². The zero-order valence-electron chi connectivity index (χ0n) is 26.1. The highest BCUT2D eigenvalue weighted by atomic mass is 19.1. The van der Waals surface area contributed by atoms with E-state index in [1.165, 1.54) is 5.56 Å². The monoisotopic (exact) mass is 644 g/mol. The normalized spacial score (nSPS) is 13.9. The minimum Gasteiger partial charge on any atom is -0.328 e. The smallest absolute Gasteiger partial charge is 0.258 e. The lowest BCUT2D eigenvalue weighted by molar-refractivity contribution is 0.102. The molecule has 3 aromatic heterocycles. The van der Waals surface area contributed by atoms with Gasteiger partial charge in [0.05, 0.1) is 22.6 Å². The van der Waals surface area contributed by atoms with E-state index in [2.05, 4.69) is 32.7 Å². The van der Waals surface area contributed by atoms with Crippen LogP contribution >= 0.6 is 0 Å². The van der Waals surface area contributed by atoms with Crippen LogP contribution in [0.15, 0.2) is 103 Å². The van der Waals surface area contributed by atoms with Crippen LogP contribution in [0.3, 0.4) is 0 Å². The quantitative estimate of drug-likeness (QED) is 0.161. The molecule has 1 aliphatic heterocycles. The zero-order chi connectivity index (χ0) is 33.0. The third-order valence-corrected chi connectivity index (χ3v) is 8.55. The van der Waals surface area contributed by atoms with Crippen LogP contribution in [0.25, 0.3) is 28.3 Å². The Bertz CT molecular complexity index is 2070. The van der Waals surface area contributed by atoms with Crippen molar-refractivity contribution in [2.75, 3.05) is 30.3 Å². The lowest BCUT2D eigenvalue weighted by Crippen LogP contribution is -2.40. The predicted molar refractivity (Wildman–Crippen MR) is 183 cm³/mol. The molecule has 0 saturated carbocycles. The summed E-state index contributed by atoms with van der Waals surface area (Å²) in [5.41, 5.74) is 11.6. The van der Waals surface area contributed by atoms with E-state index in [1.54, 1.807) is 24.4 Å². The molecule has 1 fully saturated rings. The van der Waals surface area contributed by atoms with Gasteiger partial charge in [-0.25, -0.2) is 23.7 Å². The molecule has 6 aromatic rings. The van der Waals surface area contributed by atoms with Gasteiger partial charge in [0.2, 0.25) is 5.95 Å². The summed E-state index contributed by atoms with van der Waals surface area (Å²) in [6.45, 7) is 3.14. The summed E-state index contributed by atoms with van der Waals surface area (Å²) < 4.78 is 29.9. The van der Waals surface area contributed by atoms with E-state index in [0.29, 0.717) is 40.3 Å². The Kier molecular flexibility index (Phi) is 8.87. The van der Waals surface area contributed by atoms with Gasteiger partial charge < -0.3 is 21.3 Å². The molecule has 3 aromatic carbocycles. The number of likely N-dealkylation sites (tertiary alicyclic amines) is 1. The van der Waals surface area contributed by atoms with Crippen LogP contribution in [0, 0.1) is 11.6 Å². The number of piperidine rings is 1. The number of amides is 1. The number of fused-ring (bicyclic) bond motifs is 1. The number of aromatic nitrogens is 4. The first kappa shape index (κ1) is 31.1. The maximum atomic E-state index is 14.3. The molecule has 7 rings (SSSR count). The van der Waals surface area contributed by atoms with Crippen LogP contribution in [0.1, 0.15) is 28.8 Å². The van der Waals surface area contributed by atoms with Crippen LogP contribution in [0.2, 0.25) is 0 Å². The van der Waals surface area contributed by atoms with Crippen molar-refractivity contribution in [1.29, 1.82) is 0 Å². The predicted octanol–water partition coefficient (Wildman–Crippen LogP) is 6.70. The Hall–Kier alpha value is -5.52. The molecule has 0 atom stereocenters. The molecule has 1 amide bonds. The Morgan fingerprint density at radius 2 is 1.73 bits per heavy atom. The topological polar surface area (TPSA) is 113 Å². The minimum atomic E-state index is -0.810. The van der Waals surface area contributed by atoms with Gasteiger partial charge in [-0.1, -0.05) is 30.3 Å². The highest BCUT2D eigenvalue weighted by molar-refractivity contribution is 6.04. The van der Waals surface area contributed by atoms with Gasteiger partial charge in [-0.15, -0.1) is 0 Å². The Morgan fingerprint density at radius 3 is 2.56 bits per heavy atom. The summed E-state index contributed by atoms with van der Waals surface area (Å²) in [6, 6.07) is 26.0. The van der Waals surface area contributed by atoms with Crippen LogP contribution in [-0.2, 0) is 6.42 Å². The lowest BCUT2D eigenvalue weighted by Gasteiger charge is -2.29. The summed E-state index contributed by atoms with van der Waals surface area (Å²) in [6.07, 6.45) is 6.70. The van der Waals surface area contributed by atoms with Crippen molar-refractivity contribution in [2.45, 2.75) is 25.3 Å². The molecular weight excluding hydrogens is 610 g/mol. The Balaban J connectivity index is 1.12. The summed E-state index contributed by atoms with van der Waals surface area (Å²) in [5.74, 6) is -1.84. The van der Waals surface area contributed by atoms with E-state index in [4.69, 9.17) is 15.7 Å². The molecule has 0 unspecified atom stereocenters. The first-order valence-corrected chi connectivity index (χ1v) is 15.9. The number of hydrogen-bond acceptors (Lipinski definition) is 7. The van der Waals surface area contributed by atoms with Gasteiger partial charge in [0.1, 0.15) is 17.3 Å². The number of nitrogens with one attached hydrogen (secondary N) is 2. The number of hydrogen-bond donors (Lipinski definition) is 3. The van der Waals surface area contributed by atoms with Crippen molar-refractivity contribution in [2.24, 2.45) is 5.73 Å². The van der Waals surface area contributed by atoms with Crippen molar-refractivity contribution in [3.63, 3.8) is 0 Å². The summed E-state index contributed by atoms with van der Waals surface area (Å²) in [4.78, 5) is 29.5. The molecule has 11 heteroatoms. The second-order valence-electron chi connectivity index (χ2n) is 11.9. The van der Waals surface area contributed by atoms with Gasteiger partial charge in [-0.3, -0.25) is 9.20 Å². The van der Waals surface area contributed by atoms with Crippen molar-refractivity contribution in [3.8, 4) is 22.6 Å². The molecule has 4 heterocycles. The number of nitrogens with two attached hydrogens (primary N) is 1. The highest BCUT2D eigenvalue weighted by Gasteiger charge is 2.20. The molecule has 0 radical (unpaired) electrons. The molecule has 1 saturated heterocycles. The molecule has 4 N–H and O–H groups in total. The summed E-state index contributed by atoms with van der Waals surface area (Å²) >= 11 is 0. The summed E-state index contributed by atoms with van der Waals surface area (Å²) in [5, 5.41) is 6.00. The third-order valence-electron chi connectivity index (χ3n) is 8.55.